The van der Waals surface area contributed by atoms with Crippen molar-refractivity contribution in [2.75, 3.05) is 0 Å². The van der Waals surface area contributed by atoms with E-state index in [9.17, 15) is 0 Å². The van der Waals surface area contributed by atoms with E-state index in [1.807, 2.05) is 13.0 Å². The Morgan fingerprint density at radius 2 is 1.59 bits per heavy atom. The topological polar surface area (TPSA) is 9.23 Å². The lowest BCUT2D eigenvalue weighted by Gasteiger charge is -2.30. The number of hydrogen-bond donors (Lipinski definition) is 0. The summed E-state index contributed by atoms with van der Waals surface area (Å²) < 4.78 is 6.13. The molecular formula is C25H19BO. The SMILES string of the molecule is [B]C1(C)C=Cc2cc(-c3cccc4cccc(C)c34)c3ccccc3c2O1. The molecule has 1 aliphatic heterocycles. The normalized spacial score (nSPS) is 18.4. The molecule has 1 atom stereocenters. The van der Waals surface area contributed by atoms with Crippen LogP contribution in [0.25, 0.3) is 38.7 Å². The van der Waals surface area contributed by atoms with Crippen molar-refractivity contribution >= 4 is 35.5 Å². The fraction of sp³-hybridized carbons (Fsp3) is 0.120. The molecule has 0 aliphatic carbocycles. The summed E-state index contributed by atoms with van der Waals surface area (Å²) in [5, 5.41) is 4.83. The van der Waals surface area contributed by atoms with Gasteiger partial charge in [0.05, 0.1) is 5.50 Å². The van der Waals surface area contributed by atoms with E-state index >= 15 is 0 Å². The van der Waals surface area contributed by atoms with Crippen molar-refractivity contribution in [1.29, 1.82) is 0 Å². The van der Waals surface area contributed by atoms with Crippen LogP contribution in [0.1, 0.15) is 18.1 Å². The molecule has 0 fully saturated rings. The molecule has 1 aliphatic rings. The van der Waals surface area contributed by atoms with Gasteiger partial charge in [0.25, 0.3) is 0 Å². The van der Waals surface area contributed by atoms with Gasteiger partial charge in [-0.3, -0.25) is 0 Å². The fourth-order valence-corrected chi connectivity index (χ4v) is 4.09. The molecule has 0 saturated carbocycles. The number of aryl methyl sites for hydroxylation is 1. The highest BCUT2D eigenvalue weighted by molar-refractivity contribution is 6.17. The van der Waals surface area contributed by atoms with Gasteiger partial charge in [0.15, 0.2) is 0 Å². The summed E-state index contributed by atoms with van der Waals surface area (Å²) in [5.74, 6) is 0.860. The number of fused-ring (bicyclic) bond motifs is 4. The highest BCUT2D eigenvalue weighted by atomic mass is 16.5. The average Bonchev–Trinajstić information content (AvgIpc) is 2.67. The van der Waals surface area contributed by atoms with Gasteiger partial charge in [-0.25, -0.2) is 0 Å². The van der Waals surface area contributed by atoms with Gasteiger partial charge in [-0.2, -0.15) is 0 Å². The van der Waals surface area contributed by atoms with Crippen molar-refractivity contribution in [3.8, 4) is 16.9 Å². The second-order valence-corrected chi connectivity index (χ2v) is 7.49. The molecule has 1 heterocycles. The van der Waals surface area contributed by atoms with Gasteiger partial charge in [0.1, 0.15) is 13.6 Å². The number of rotatable bonds is 1. The van der Waals surface area contributed by atoms with Crippen LogP contribution in [0, 0.1) is 6.92 Å². The zero-order chi connectivity index (χ0) is 18.6. The molecule has 0 saturated heterocycles. The minimum atomic E-state index is -0.784. The molecule has 1 unspecified atom stereocenters. The van der Waals surface area contributed by atoms with Crippen LogP contribution in [0.2, 0.25) is 0 Å². The Balaban J connectivity index is 1.90. The van der Waals surface area contributed by atoms with Crippen molar-refractivity contribution in [3.63, 3.8) is 0 Å². The molecule has 128 valence electrons. The van der Waals surface area contributed by atoms with E-state index < -0.39 is 5.50 Å². The molecule has 2 heteroatoms. The molecule has 5 rings (SSSR count). The molecule has 0 bridgehead atoms. The summed E-state index contributed by atoms with van der Waals surface area (Å²) in [6.45, 7) is 4.05. The van der Waals surface area contributed by atoms with Crippen LogP contribution < -0.4 is 4.74 Å². The molecule has 0 N–H and O–H groups in total. The number of ether oxygens (including phenoxy) is 1. The van der Waals surface area contributed by atoms with E-state index in [-0.39, 0.29) is 0 Å². The minimum Gasteiger partial charge on any atom is -0.492 e. The van der Waals surface area contributed by atoms with E-state index in [1.165, 1.54) is 32.8 Å². The highest BCUT2D eigenvalue weighted by Crippen LogP contribution is 2.43. The third-order valence-corrected chi connectivity index (χ3v) is 5.34. The number of hydrogen-bond acceptors (Lipinski definition) is 1. The second kappa shape index (κ2) is 5.75. The Morgan fingerprint density at radius 1 is 0.852 bits per heavy atom. The van der Waals surface area contributed by atoms with Crippen LogP contribution in [-0.4, -0.2) is 13.3 Å². The lowest BCUT2D eigenvalue weighted by molar-refractivity contribution is 0.227. The van der Waals surface area contributed by atoms with Gasteiger partial charge in [0.2, 0.25) is 0 Å². The Kier molecular flexibility index (Phi) is 3.45. The third-order valence-electron chi connectivity index (χ3n) is 5.34. The van der Waals surface area contributed by atoms with Crippen LogP contribution in [0.4, 0.5) is 0 Å². The Bertz CT molecular complexity index is 1230. The van der Waals surface area contributed by atoms with E-state index in [4.69, 9.17) is 12.6 Å². The van der Waals surface area contributed by atoms with Crippen LogP contribution >= 0.6 is 0 Å². The van der Waals surface area contributed by atoms with Gasteiger partial charge < -0.3 is 4.74 Å². The van der Waals surface area contributed by atoms with E-state index in [0.717, 1.165) is 16.7 Å². The van der Waals surface area contributed by atoms with Gasteiger partial charge in [-0.05, 0) is 52.8 Å². The lowest BCUT2D eigenvalue weighted by Crippen LogP contribution is -2.32. The summed E-state index contributed by atoms with van der Waals surface area (Å²) in [4.78, 5) is 0. The Hall–Kier alpha value is -3.00. The van der Waals surface area contributed by atoms with Gasteiger partial charge in [-0.1, -0.05) is 72.8 Å². The van der Waals surface area contributed by atoms with Crippen LogP contribution in [0.15, 0.2) is 72.8 Å². The summed E-state index contributed by atoms with van der Waals surface area (Å²) in [5.41, 5.74) is 4.04. The third kappa shape index (κ3) is 2.56. The van der Waals surface area contributed by atoms with Crippen molar-refractivity contribution in [2.45, 2.75) is 19.3 Å². The zero-order valence-corrected chi connectivity index (χ0v) is 15.5. The summed E-state index contributed by atoms with van der Waals surface area (Å²) in [7, 11) is 6.22. The lowest BCUT2D eigenvalue weighted by atomic mass is 9.80. The molecule has 4 aromatic rings. The molecule has 0 amide bonds. The van der Waals surface area contributed by atoms with Crippen molar-refractivity contribution < 1.29 is 4.74 Å². The first kappa shape index (κ1) is 16.2. The first-order chi connectivity index (χ1) is 13.0. The van der Waals surface area contributed by atoms with Crippen molar-refractivity contribution in [3.05, 3.63) is 83.9 Å². The minimum absolute atomic E-state index is 0.784. The quantitative estimate of drug-likeness (QED) is 0.370. The average molecular weight is 346 g/mol. The van der Waals surface area contributed by atoms with Gasteiger partial charge >= 0.3 is 0 Å². The first-order valence-electron chi connectivity index (χ1n) is 9.25. The Labute approximate surface area is 160 Å². The van der Waals surface area contributed by atoms with Gasteiger partial charge in [0, 0.05) is 10.9 Å². The number of benzene rings is 4. The summed E-state index contributed by atoms with van der Waals surface area (Å²) in [6, 6.07) is 23.6. The van der Waals surface area contributed by atoms with E-state index in [1.54, 1.807) is 0 Å². The predicted molar refractivity (Wildman–Crippen MR) is 115 cm³/mol. The maximum atomic E-state index is 6.22. The summed E-state index contributed by atoms with van der Waals surface area (Å²) >= 11 is 0. The fourth-order valence-electron chi connectivity index (χ4n) is 4.09. The smallest absolute Gasteiger partial charge is 0.137 e. The largest absolute Gasteiger partial charge is 0.492 e. The van der Waals surface area contributed by atoms with Gasteiger partial charge in [-0.15, -0.1) is 0 Å². The van der Waals surface area contributed by atoms with E-state index in [0.29, 0.717) is 0 Å². The van der Waals surface area contributed by atoms with Crippen LogP contribution in [0.3, 0.4) is 0 Å². The molecule has 2 radical (unpaired) electrons. The molecule has 4 aromatic carbocycles. The maximum Gasteiger partial charge on any atom is 0.137 e. The van der Waals surface area contributed by atoms with Crippen molar-refractivity contribution in [1.82, 2.24) is 0 Å². The molecular weight excluding hydrogens is 327 g/mol. The highest BCUT2D eigenvalue weighted by Gasteiger charge is 2.24. The zero-order valence-electron chi connectivity index (χ0n) is 15.5. The monoisotopic (exact) mass is 346 g/mol. The molecule has 27 heavy (non-hydrogen) atoms. The molecule has 0 spiro atoms. The second-order valence-electron chi connectivity index (χ2n) is 7.49. The van der Waals surface area contributed by atoms with Crippen molar-refractivity contribution in [2.24, 2.45) is 0 Å². The standard InChI is InChI=1S/C25H19BO/c1-16-7-5-8-17-9-6-12-20(23(16)17)22-15-18-13-14-25(2,26)27-24(18)21-11-4-3-10-19(21)22/h3-15H,1-2H3. The maximum absolute atomic E-state index is 6.22. The van der Waals surface area contributed by atoms with Crippen LogP contribution in [-0.2, 0) is 0 Å². The summed E-state index contributed by atoms with van der Waals surface area (Å²) in [6.07, 6.45) is 4.00. The first-order valence-corrected chi connectivity index (χ1v) is 9.25. The molecule has 1 nitrogen and oxygen atoms in total. The molecule has 0 aromatic heterocycles. The van der Waals surface area contributed by atoms with Crippen LogP contribution in [0.5, 0.6) is 5.75 Å². The Morgan fingerprint density at radius 3 is 2.41 bits per heavy atom. The van der Waals surface area contributed by atoms with E-state index in [2.05, 4.69) is 79.7 Å². The predicted octanol–water partition coefficient (Wildman–Crippen LogP) is 6.26.